The van der Waals surface area contributed by atoms with Crippen LogP contribution in [0.5, 0.6) is 0 Å². The molecule has 15 heavy (non-hydrogen) atoms. The quantitative estimate of drug-likeness (QED) is 0.875. The minimum Gasteiger partial charge on any atom is -0.451 e. The highest BCUT2D eigenvalue weighted by Crippen LogP contribution is 2.28. The van der Waals surface area contributed by atoms with E-state index in [1.165, 1.54) is 6.20 Å². The second-order valence-corrected chi connectivity index (χ2v) is 3.83. The Bertz CT molecular complexity index is 470. The van der Waals surface area contributed by atoms with Crippen molar-refractivity contribution >= 4 is 21.6 Å². The largest absolute Gasteiger partial charge is 0.451 e. The number of nitrogens with zero attached hydrogens (tertiary/aromatic N) is 1. The van der Waals surface area contributed by atoms with Crippen molar-refractivity contribution in [1.29, 1.82) is 0 Å². The van der Waals surface area contributed by atoms with E-state index in [0.29, 0.717) is 21.7 Å². The van der Waals surface area contributed by atoms with Crippen molar-refractivity contribution in [3.63, 3.8) is 0 Å². The first-order valence-corrected chi connectivity index (χ1v) is 5.10. The van der Waals surface area contributed by atoms with Gasteiger partial charge in [0.1, 0.15) is 11.9 Å². The van der Waals surface area contributed by atoms with Gasteiger partial charge < -0.3 is 15.3 Å². The third-order valence-electron chi connectivity index (χ3n) is 2.05. The van der Waals surface area contributed by atoms with Gasteiger partial charge in [0.2, 0.25) is 0 Å². The number of hydrogen-bond donors (Lipinski definition) is 2. The van der Waals surface area contributed by atoms with Crippen LogP contribution in [0.1, 0.15) is 17.4 Å². The normalized spacial score (nSPS) is 12.7. The van der Waals surface area contributed by atoms with Crippen molar-refractivity contribution in [1.82, 2.24) is 4.98 Å². The second-order valence-electron chi connectivity index (χ2n) is 3.05. The summed E-state index contributed by atoms with van der Waals surface area (Å²) in [4.78, 5) is 3.91. The summed E-state index contributed by atoms with van der Waals surface area (Å²) in [6.07, 6.45) is 2.21. The Balaban J connectivity index is 2.36. The van der Waals surface area contributed by atoms with E-state index in [9.17, 15) is 5.11 Å². The number of furan rings is 1. The molecule has 0 aliphatic carbocycles. The van der Waals surface area contributed by atoms with Crippen LogP contribution >= 0.6 is 15.9 Å². The van der Waals surface area contributed by atoms with Gasteiger partial charge in [-0.3, -0.25) is 4.98 Å². The Labute approximate surface area is 94.9 Å². The average molecular weight is 269 g/mol. The van der Waals surface area contributed by atoms with Crippen molar-refractivity contribution in [2.24, 2.45) is 0 Å². The second kappa shape index (κ2) is 4.04. The fourth-order valence-electron chi connectivity index (χ4n) is 1.27. The Kier molecular flexibility index (Phi) is 2.75. The van der Waals surface area contributed by atoms with Crippen LogP contribution in [0.3, 0.4) is 0 Å². The fourth-order valence-corrected chi connectivity index (χ4v) is 1.59. The van der Waals surface area contributed by atoms with Crippen LogP contribution in [0.15, 0.2) is 39.7 Å². The zero-order chi connectivity index (χ0) is 10.8. The first-order valence-electron chi connectivity index (χ1n) is 4.31. The van der Waals surface area contributed by atoms with Gasteiger partial charge in [0, 0.05) is 23.6 Å². The molecule has 0 bridgehead atoms. The molecule has 2 aromatic heterocycles. The number of nitrogens with two attached hydrogens (primary N) is 1. The highest BCUT2D eigenvalue weighted by molar-refractivity contribution is 9.10. The molecule has 2 aromatic rings. The monoisotopic (exact) mass is 268 g/mol. The van der Waals surface area contributed by atoms with Crippen LogP contribution < -0.4 is 5.73 Å². The van der Waals surface area contributed by atoms with Gasteiger partial charge in [-0.1, -0.05) is 0 Å². The van der Waals surface area contributed by atoms with E-state index in [-0.39, 0.29) is 0 Å². The number of rotatable bonds is 2. The number of anilines is 1. The molecular weight excluding hydrogens is 260 g/mol. The maximum absolute atomic E-state index is 9.95. The molecule has 0 spiro atoms. The predicted molar refractivity (Wildman–Crippen MR) is 59.1 cm³/mol. The van der Waals surface area contributed by atoms with Crippen LogP contribution in [0, 0.1) is 0 Å². The van der Waals surface area contributed by atoms with Gasteiger partial charge in [-0.15, -0.1) is 0 Å². The highest BCUT2D eigenvalue weighted by atomic mass is 79.9. The summed E-state index contributed by atoms with van der Waals surface area (Å²) in [5.74, 6) is 0.432. The number of aromatic nitrogens is 1. The third-order valence-corrected chi connectivity index (χ3v) is 2.47. The maximum atomic E-state index is 9.95. The lowest BCUT2D eigenvalue weighted by atomic mass is 10.1. The Morgan fingerprint density at radius 3 is 2.80 bits per heavy atom. The molecular formula is C10H9BrN2O2. The fraction of sp³-hybridized carbons (Fsp3) is 0.100. The molecule has 0 saturated heterocycles. The van der Waals surface area contributed by atoms with Crippen molar-refractivity contribution in [3.8, 4) is 0 Å². The van der Waals surface area contributed by atoms with Crippen molar-refractivity contribution in [2.75, 3.05) is 5.73 Å². The molecule has 1 unspecified atom stereocenters. The van der Waals surface area contributed by atoms with Crippen molar-refractivity contribution in [3.05, 3.63) is 46.6 Å². The van der Waals surface area contributed by atoms with E-state index in [0.717, 1.165) is 0 Å². The summed E-state index contributed by atoms with van der Waals surface area (Å²) in [5.41, 5.74) is 6.74. The van der Waals surface area contributed by atoms with E-state index >= 15 is 0 Å². The summed E-state index contributed by atoms with van der Waals surface area (Å²) in [7, 11) is 0. The van der Waals surface area contributed by atoms with Gasteiger partial charge in [-0.2, -0.15) is 0 Å². The molecule has 2 rings (SSSR count). The van der Waals surface area contributed by atoms with Crippen molar-refractivity contribution < 1.29 is 9.52 Å². The van der Waals surface area contributed by atoms with Crippen LogP contribution in [-0.4, -0.2) is 10.1 Å². The van der Waals surface area contributed by atoms with Crippen LogP contribution in [0.2, 0.25) is 0 Å². The standard InChI is InChI=1S/C10H9BrN2O2/c11-9-2-1-8(15-9)10(14)6-5-13-4-3-7(6)12/h1-5,10,14H,(H2,12,13). The molecule has 2 heterocycles. The van der Waals surface area contributed by atoms with Crippen LogP contribution in [-0.2, 0) is 0 Å². The van der Waals surface area contributed by atoms with Crippen LogP contribution in [0.4, 0.5) is 5.69 Å². The topological polar surface area (TPSA) is 72.3 Å². The summed E-state index contributed by atoms with van der Waals surface area (Å²) < 4.78 is 5.81. The number of aliphatic hydroxyl groups excluding tert-OH is 1. The minimum atomic E-state index is -0.884. The van der Waals surface area contributed by atoms with Crippen molar-refractivity contribution in [2.45, 2.75) is 6.10 Å². The molecule has 0 saturated carbocycles. The third kappa shape index (κ3) is 2.03. The number of aliphatic hydroxyl groups is 1. The Hall–Kier alpha value is -1.33. The summed E-state index contributed by atoms with van der Waals surface area (Å²) >= 11 is 3.17. The summed E-state index contributed by atoms with van der Waals surface area (Å²) in [6, 6.07) is 5.03. The molecule has 4 nitrogen and oxygen atoms in total. The van der Waals surface area contributed by atoms with Gasteiger partial charge >= 0.3 is 0 Å². The average Bonchev–Trinajstić information content (AvgIpc) is 2.65. The lowest BCUT2D eigenvalue weighted by molar-refractivity contribution is 0.188. The first kappa shape index (κ1) is 10.2. The number of hydrogen-bond acceptors (Lipinski definition) is 4. The molecule has 5 heteroatoms. The summed E-state index contributed by atoms with van der Waals surface area (Å²) in [5, 5.41) is 9.95. The smallest absolute Gasteiger partial charge is 0.169 e. The predicted octanol–water partition coefficient (Wildman–Crippen LogP) is 2.10. The highest BCUT2D eigenvalue weighted by Gasteiger charge is 2.16. The van der Waals surface area contributed by atoms with E-state index in [2.05, 4.69) is 20.9 Å². The Morgan fingerprint density at radius 1 is 1.40 bits per heavy atom. The van der Waals surface area contributed by atoms with Gasteiger partial charge in [0.05, 0.1) is 0 Å². The van der Waals surface area contributed by atoms with Gasteiger partial charge in [-0.05, 0) is 34.1 Å². The molecule has 0 fully saturated rings. The maximum Gasteiger partial charge on any atom is 0.169 e. The van der Waals surface area contributed by atoms with E-state index in [4.69, 9.17) is 10.2 Å². The minimum absolute atomic E-state index is 0.432. The molecule has 78 valence electrons. The van der Waals surface area contributed by atoms with E-state index < -0.39 is 6.10 Å². The lowest BCUT2D eigenvalue weighted by Gasteiger charge is -2.09. The number of pyridine rings is 1. The van der Waals surface area contributed by atoms with E-state index in [1.807, 2.05) is 0 Å². The molecule has 0 amide bonds. The van der Waals surface area contributed by atoms with Gasteiger partial charge in [0.25, 0.3) is 0 Å². The first-order chi connectivity index (χ1) is 7.18. The zero-order valence-electron chi connectivity index (χ0n) is 7.72. The molecule has 0 radical (unpaired) electrons. The van der Waals surface area contributed by atoms with Gasteiger partial charge in [-0.25, -0.2) is 0 Å². The molecule has 0 aliphatic rings. The van der Waals surface area contributed by atoms with Crippen LogP contribution in [0.25, 0.3) is 0 Å². The lowest BCUT2D eigenvalue weighted by Crippen LogP contribution is -2.03. The number of halogens is 1. The molecule has 1 atom stereocenters. The molecule has 3 N–H and O–H groups in total. The Morgan fingerprint density at radius 2 is 2.20 bits per heavy atom. The number of nitrogen functional groups attached to an aromatic ring is 1. The molecule has 0 aliphatic heterocycles. The zero-order valence-corrected chi connectivity index (χ0v) is 9.31. The SMILES string of the molecule is Nc1ccncc1C(O)c1ccc(Br)o1. The van der Waals surface area contributed by atoms with E-state index in [1.54, 1.807) is 24.4 Å². The molecule has 0 aromatic carbocycles. The van der Waals surface area contributed by atoms with Gasteiger partial charge in [0.15, 0.2) is 4.67 Å². The summed E-state index contributed by atoms with van der Waals surface area (Å²) in [6.45, 7) is 0.